The number of amides is 4. The number of carbonyl (C=O) groups is 5. The second-order valence-corrected chi connectivity index (χ2v) is 10.3. The van der Waals surface area contributed by atoms with Crippen molar-refractivity contribution in [3.8, 4) is 5.75 Å². The quantitative estimate of drug-likeness (QED) is 0.149. The molecule has 12 heteroatoms. The SMILES string of the molecule is CC(C)CC(N)C(=O)NC(Cc1ccc(O)cc1)C(=O)NC(CCC(N)=O)C(=O)NC(Cc1ccccc1)C(=O)O. The minimum absolute atomic E-state index is 0.00215. The number of aromatic hydroxyl groups is 1. The lowest BCUT2D eigenvalue weighted by atomic mass is 10.0. The van der Waals surface area contributed by atoms with E-state index >= 15 is 0 Å². The van der Waals surface area contributed by atoms with Crippen LogP contribution in [0.1, 0.15) is 44.2 Å². The predicted molar refractivity (Wildman–Crippen MR) is 151 cm³/mol. The number of carboxylic acids is 1. The van der Waals surface area contributed by atoms with Gasteiger partial charge in [-0.15, -0.1) is 0 Å². The van der Waals surface area contributed by atoms with Gasteiger partial charge in [-0.05, 0) is 42.0 Å². The second-order valence-electron chi connectivity index (χ2n) is 10.3. The normalized spacial score (nSPS) is 13.9. The van der Waals surface area contributed by atoms with E-state index in [1.807, 2.05) is 13.8 Å². The third kappa shape index (κ3) is 11.7. The predicted octanol–water partition coefficient (Wildman–Crippen LogP) is 0.355. The Morgan fingerprint density at radius 1 is 0.756 bits per heavy atom. The number of carbonyl (C=O) groups excluding carboxylic acids is 4. The van der Waals surface area contributed by atoms with Gasteiger partial charge in [-0.25, -0.2) is 4.79 Å². The second kappa shape index (κ2) is 16.0. The summed E-state index contributed by atoms with van der Waals surface area (Å²) in [4.78, 5) is 62.8. The van der Waals surface area contributed by atoms with Gasteiger partial charge in [0.15, 0.2) is 0 Å². The van der Waals surface area contributed by atoms with Gasteiger partial charge in [-0.3, -0.25) is 19.2 Å². The molecule has 2 rings (SSSR count). The summed E-state index contributed by atoms with van der Waals surface area (Å²) in [5.74, 6) is -3.99. The molecule has 0 fully saturated rings. The Labute approximate surface area is 238 Å². The average Bonchev–Trinajstić information content (AvgIpc) is 2.91. The van der Waals surface area contributed by atoms with Crippen LogP contribution in [0.15, 0.2) is 54.6 Å². The Morgan fingerprint density at radius 3 is 1.83 bits per heavy atom. The molecule has 0 saturated carbocycles. The monoisotopic (exact) mass is 569 g/mol. The Kier molecular flexibility index (Phi) is 12.8. The van der Waals surface area contributed by atoms with Gasteiger partial charge in [0.1, 0.15) is 23.9 Å². The van der Waals surface area contributed by atoms with Gasteiger partial charge in [-0.1, -0.05) is 56.3 Å². The van der Waals surface area contributed by atoms with Gasteiger partial charge in [0, 0.05) is 19.3 Å². The van der Waals surface area contributed by atoms with Gasteiger partial charge in [0.25, 0.3) is 0 Å². The summed E-state index contributed by atoms with van der Waals surface area (Å²) >= 11 is 0. The lowest BCUT2D eigenvalue weighted by molar-refractivity contribution is -0.142. The molecule has 0 bridgehead atoms. The zero-order chi connectivity index (χ0) is 30.5. The van der Waals surface area contributed by atoms with Crippen LogP contribution in [0.25, 0.3) is 0 Å². The van der Waals surface area contributed by atoms with E-state index in [4.69, 9.17) is 11.5 Å². The number of rotatable bonds is 16. The standard InChI is InChI=1S/C29H39N5O7/c1-17(2)14-21(30)26(37)33-23(15-19-8-10-20(35)11-9-19)28(39)32-22(12-13-25(31)36)27(38)34-24(29(40)41)16-18-6-4-3-5-7-18/h3-11,17,21-24,35H,12-16,30H2,1-2H3,(H2,31,36)(H,32,39)(H,33,37)(H,34,38)(H,40,41). The van der Waals surface area contributed by atoms with Gasteiger partial charge >= 0.3 is 5.97 Å². The number of phenols is 1. The first-order valence-electron chi connectivity index (χ1n) is 13.3. The van der Waals surface area contributed by atoms with Crippen molar-refractivity contribution < 1.29 is 34.2 Å². The maximum atomic E-state index is 13.4. The van der Waals surface area contributed by atoms with Crippen molar-refractivity contribution in [2.24, 2.45) is 17.4 Å². The lowest BCUT2D eigenvalue weighted by Crippen LogP contribution is -2.58. The molecule has 9 N–H and O–H groups in total. The number of primary amides is 1. The molecule has 0 aliphatic rings. The van der Waals surface area contributed by atoms with E-state index in [2.05, 4.69) is 16.0 Å². The maximum Gasteiger partial charge on any atom is 0.326 e. The van der Waals surface area contributed by atoms with Crippen LogP contribution in [-0.4, -0.2) is 64.0 Å². The summed E-state index contributed by atoms with van der Waals surface area (Å²) in [5, 5.41) is 26.9. The Balaban J connectivity index is 2.25. The van der Waals surface area contributed by atoms with Crippen molar-refractivity contribution in [3.05, 3.63) is 65.7 Å². The highest BCUT2D eigenvalue weighted by molar-refractivity contribution is 5.94. The van der Waals surface area contributed by atoms with E-state index in [1.54, 1.807) is 42.5 Å². The number of hydrogen-bond donors (Lipinski definition) is 7. The molecule has 2 aromatic carbocycles. The summed E-state index contributed by atoms with van der Waals surface area (Å²) in [6.07, 6.45) is -0.0881. The molecular weight excluding hydrogens is 530 g/mol. The molecule has 4 amide bonds. The van der Waals surface area contributed by atoms with Gasteiger partial charge in [0.05, 0.1) is 6.04 Å². The summed E-state index contributed by atoms with van der Waals surface area (Å²) in [6, 6.07) is 10.0. The molecule has 41 heavy (non-hydrogen) atoms. The molecule has 12 nitrogen and oxygen atoms in total. The summed E-state index contributed by atoms with van der Waals surface area (Å²) in [7, 11) is 0. The van der Waals surface area contributed by atoms with Crippen LogP contribution < -0.4 is 27.4 Å². The van der Waals surface area contributed by atoms with Crippen molar-refractivity contribution in [1.29, 1.82) is 0 Å². The molecule has 4 atom stereocenters. The number of nitrogens with one attached hydrogen (secondary N) is 3. The van der Waals surface area contributed by atoms with Crippen molar-refractivity contribution in [2.75, 3.05) is 0 Å². The van der Waals surface area contributed by atoms with E-state index in [0.717, 1.165) is 0 Å². The molecule has 4 unspecified atom stereocenters. The smallest absolute Gasteiger partial charge is 0.326 e. The van der Waals surface area contributed by atoms with E-state index in [1.165, 1.54) is 12.1 Å². The zero-order valence-electron chi connectivity index (χ0n) is 23.2. The highest BCUT2D eigenvalue weighted by Gasteiger charge is 2.31. The third-order valence-electron chi connectivity index (χ3n) is 6.28. The summed E-state index contributed by atoms with van der Waals surface area (Å²) in [6.45, 7) is 3.80. The molecule has 0 aliphatic carbocycles. The molecule has 0 heterocycles. The number of hydrogen-bond acceptors (Lipinski definition) is 7. The van der Waals surface area contributed by atoms with Crippen LogP contribution in [0.5, 0.6) is 5.75 Å². The highest BCUT2D eigenvalue weighted by atomic mass is 16.4. The van der Waals surface area contributed by atoms with Crippen molar-refractivity contribution in [1.82, 2.24) is 16.0 Å². The van der Waals surface area contributed by atoms with Gasteiger partial charge in [-0.2, -0.15) is 0 Å². The number of aliphatic carboxylic acids is 1. The van der Waals surface area contributed by atoms with Crippen LogP contribution in [0.3, 0.4) is 0 Å². The Hall–Kier alpha value is -4.45. The average molecular weight is 570 g/mol. The summed E-state index contributed by atoms with van der Waals surface area (Å²) < 4.78 is 0. The Bertz CT molecular complexity index is 1190. The Morgan fingerprint density at radius 2 is 1.27 bits per heavy atom. The lowest BCUT2D eigenvalue weighted by Gasteiger charge is -2.25. The molecule has 0 aromatic heterocycles. The van der Waals surface area contributed by atoms with Crippen LogP contribution in [0.4, 0.5) is 0 Å². The third-order valence-corrected chi connectivity index (χ3v) is 6.28. The first kappa shape index (κ1) is 32.8. The van der Waals surface area contributed by atoms with Crippen LogP contribution in [0.2, 0.25) is 0 Å². The molecule has 0 aliphatic heterocycles. The van der Waals surface area contributed by atoms with Crippen LogP contribution >= 0.6 is 0 Å². The molecular formula is C29H39N5O7. The zero-order valence-corrected chi connectivity index (χ0v) is 23.2. The molecule has 2 aromatic rings. The minimum Gasteiger partial charge on any atom is -0.508 e. The number of nitrogens with two attached hydrogens (primary N) is 2. The fourth-order valence-electron chi connectivity index (χ4n) is 4.12. The number of phenolic OH excluding ortho intramolecular Hbond substituents is 1. The largest absolute Gasteiger partial charge is 0.508 e. The minimum atomic E-state index is -1.32. The molecule has 222 valence electrons. The van der Waals surface area contributed by atoms with E-state index in [0.29, 0.717) is 17.5 Å². The molecule has 0 saturated heterocycles. The first-order chi connectivity index (χ1) is 19.3. The van der Waals surface area contributed by atoms with E-state index in [-0.39, 0.29) is 37.4 Å². The van der Waals surface area contributed by atoms with Crippen molar-refractivity contribution >= 4 is 29.6 Å². The number of carboxylic acid groups (broad SMARTS) is 1. The van der Waals surface area contributed by atoms with Gasteiger partial charge in [0.2, 0.25) is 23.6 Å². The fraction of sp³-hybridized carbons (Fsp3) is 0.414. The van der Waals surface area contributed by atoms with Crippen molar-refractivity contribution in [2.45, 2.75) is 70.1 Å². The van der Waals surface area contributed by atoms with Crippen LogP contribution in [0, 0.1) is 5.92 Å². The van der Waals surface area contributed by atoms with E-state index in [9.17, 15) is 34.2 Å². The number of benzene rings is 2. The topological polar surface area (TPSA) is 214 Å². The molecule has 0 spiro atoms. The van der Waals surface area contributed by atoms with Crippen molar-refractivity contribution in [3.63, 3.8) is 0 Å². The maximum absolute atomic E-state index is 13.4. The fourth-order valence-corrected chi connectivity index (χ4v) is 4.12. The van der Waals surface area contributed by atoms with Gasteiger partial charge < -0.3 is 37.6 Å². The summed E-state index contributed by atoms with van der Waals surface area (Å²) in [5.41, 5.74) is 12.6. The van der Waals surface area contributed by atoms with Crippen LogP contribution in [-0.2, 0) is 36.8 Å². The molecule has 0 radical (unpaired) electrons. The first-order valence-corrected chi connectivity index (χ1v) is 13.3. The highest BCUT2D eigenvalue weighted by Crippen LogP contribution is 2.13. The van der Waals surface area contributed by atoms with E-state index < -0.39 is 53.8 Å².